The van der Waals surface area contributed by atoms with Crippen LogP contribution in [0.4, 0.5) is 4.39 Å². The Morgan fingerprint density at radius 2 is 1.83 bits per heavy atom. The number of hydrogen-bond donors (Lipinski definition) is 0. The molecule has 2 unspecified atom stereocenters. The molecule has 1 aliphatic rings. The molecular weight excluding hydrogens is 153 g/mol. The van der Waals surface area contributed by atoms with Crippen LogP contribution < -0.4 is 0 Å². The Labute approximate surface area is 75.9 Å². The van der Waals surface area contributed by atoms with E-state index in [0.717, 1.165) is 6.42 Å². The van der Waals surface area contributed by atoms with Crippen molar-refractivity contribution in [1.29, 1.82) is 0 Å². The maximum atomic E-state index is 12.7. The van der Waals surface area contributed by atoms with Crippen LogP contribution in [0.15, 0.2) is 0 Å². The Morgan fingerprint density at radius 3 is 2.00 bits per heavy atom. The molecule has 0 bridgehead atoms. The second-order valence-electron chi connectivity index (χ2n) is 3.58. The summed E-state index contributed by atoms with van der Waals surface area (Å²) < 4.78 is 12.7. The first-order chi connectivity index (χ1) is 5.61. The molecule has 0 aromatic carbocycles. The Balaban J connectivity index is 0.000000561. The average Bonchev–Trinajstić information content (AvgIpc) is 2.34. The summed E-state index contributed by atoms with van der Waals surface area (Å²) in [6, 6.07) is 0.468. The standard InChI is InChI=1S/C8H16FN.C2H6/c1-6(2)8-4-7(9)5-10(8)3;1-2/h6-8H,4-5H2,1-3H3;1-2H3. The highest BCUT2D eigenvalue weighted by atomic mass is 19.1. The van der Waals surface area contributed by atoms with Gasteiger partial charge in [0, 0.05) is 12.6 Å². The molecule has 0 N–H and O–H groups in total. The molecule has 1 rings (SSSR count). The third-order valence-corrected chi connectivity index (χ3v) is 2.32. The molecule has 0 amide bonds. The van der Waals surface area contributed by atoms with Gasteiger partial charge in [0.15, 0.2) is 0 Å². The van der Waals surface area contributed by atoms with Crippen LogP contribution in [0.5, 0.6) is 0 Å². The van der Waals surface area contributed by atoms with Gasteiger partial charge in [-0.25, -0.2) is 4.39 Å². The normalized spacial score (nSPS) is 30.2. The molecule has 1 nitrogen and oxygen atoms in total. The van der Waals surface area contributed by atoms with Crippen molar-refractivity contribution < 1.29 is 4.39 Å². The van der Waals surface area contributed by atoms with Crippen LogP contribution in [-0.4, -0.2) is 30.7 Å². The van der Waals surface area contributed by atoms with Crippen molar-refractivity contribution in [3.63, 3.8) is 0 Å². The lowest BCUT2D eigenvalue weighted by Gasteiger charge is -2.22. The first-order valence-corrected chi connectivity index (χ1v) is 4.95. The summed E-state index contributed by atoms with van der Waals surface area (Å²) in [5.74, 6) is 0.589. The van der Waals surface area contributed by atoms with Gasteiger partial charge < -0.3 is 4.90 Å². The number of hydrogen-bond acceptors (Lipinski definition) is 1. The first-order valence-electron chi connectivity index (χ1n) is 4.95. The second-order valence-corrected chi connectivity index (χ2v) is 3.58. The predicted molar refractivity (Wildman–Crippen MR) is 52.1 cm³/mol. The van der Waals surface area contributed by atoms with E-state index >= 15 is 0 Å². The summed E-state index contributed by atoms with van der Waals surface area (Å²) in [7, 11) is 2.00. The van der Waals surface area contributed by atoms with Crippen molar-refractivity contribution in [2.45, 2.75) is 46.3 Å². The van der Waals surface area contributed by atoms with E-state index in [1.54, 1.807) is 0 Å². The monoisotopic (exact) mass is 175 g/mol. The van der Waals surface area contributed by atoms with E-state index in [1.807, 2.05) is 20.9 Å². The molecule has 74 valence electrons. The van der Waals surface area contributed by atoms with Crippen LogP contribution in [0.2, 0.25) is 0 Å². The van der Waals surface area contributed by atoms with E-state index in [1.165, 1.54) is 0 Å². The van der Waals surface area contributed by atoms with Gasteiger partial charge in [-0.15, -0.1) is 0 Å². The van der Waals surface area contributed by atoms with Crippen molar-refractivity contribution in [2.24, 2.45) is 5.92 Å². The van der Waals surface area contributed by atoms with Crippen LogP contribution in [-0.2, 0) is 0 Å². The van der Waals surface area contributed by atoms with Crippen LogP contribution in [0.3, 0.4) is 0 Å². The van der Waals surface area contributed by atoms with Gasteiger partial charge in [0.2, 0.25) is 0 Å². The number of likely N-dealkylation sites (tertiary alicyclic amines) is 1. The van der Waals surface area contributed by atoms with E-state index in [0.29, 0.717) is 18.5 Å². The van der Waals surface area contributed by atoms with Crippen molar-refractivity contribution in [2.75, 3.05) is 13.6 Å². The Bertz CT molecular complexity index is 114. The van der Waals surface area contributed by atoms with Gasteiger partial charge in [-0.3, -0.25) is 0 Å². The molecule has 0 aromatic rings. The molecule has 0 spiro atoms. The largest absolute Gasteiger partial charge is 0.300 e. The zero-order valence-electron chi connectivity index (χ0n) is 8.97. The van der Waals surface area contributed by atoms with Crippen molar-refractivity contribution in [3.8, 4) is 0 Å². The van der Waals surface area contributed by atoms with E-state index < -0.39 is 6.17 Å². The summed E-state index contributed by atoms with van der Waals surface area (Å²) >= 11 is 0. The van der Waals surface area contributed by atoms with Crippen LogP contribution in [0.25, 0.3) is 0 Å². The smallest absolute Gasteiger partial charge is 0.114 e. The molecule has 1 fully saturated rings. The summed E-state index contributed by atoms with van der Waals surface area (Å²) in [6.07, 6.45) is 0.145. The number of rotatable bonds is 1. The highest BCUT2D eigenvalue weighted by Gasteiger charge is 2.30. The summed E-state index contributed by atoms with van der Waals surface area (Å²) in [5.41, 5.74) is 0. The summed E-state index contributed by atoms with van der Waals surface area (Å²) in [6.45, 7) is 8.93. The molecular formula is C10H22FN. The molecule has 0 aliphatic carbocycles. The zero-order chi connectivity index (χ0) is 9.72. The lowest BCUT2D eigenvalue weighted by Crippen LogP contribution is -2.29. The van der Waals surface area contributed by atoms with Crippen molar-refractivity contribution in [1.82, 2.24) is 4.90 Å². The Hall–Kier alpha value is -0.110. The summed E-state index contributed by atoms with van der Waals surface area (Å²) in [5, 5.41) is 0. The van der Waals surface area contributed by atoms with E-state index in [-0.39, 0.29) is 0 Å². The van der Waals surface area contributed by atoms with Gasteiger partial charge in [0.05, 0.1) is 0 Å². The highest BCUT2D eigenvalue weighted by Crippen LogP contribution is 2.23. The molecule has 0 radical (unpaired) electrons. The quantitative estimate of drug-likeness (QED) is 0.592. The molecule has 1 saturated heterocycles. The zero-order valence-corrected chi connectivity index (χ0v) is 8.97. The maximum Gasteiger partial charge on any atom is 0.114 e. The third-order valence-electron chi connectivity index (χ3n) is 2.32. The fourth-order valence-corrected chi connectivity index (χ4v) is 1.75. The minimum atomic E-state index is -0.586. The average molecular weight is 175 g/mol. The highest BCUT2D eigenvalue weighted by molar-refractivity contribution is 4.84. The van der Waals surface area contributed by atoms with Crippen molar-refractivity contribution in [3.05, 3.63) is 0 Å². The SMILES string of the molecule is CC.CC(C)C1CC(F)CN1C. The second kappa shape index (κ2) is 5.52. The van der Waals surface area contributed by atoms with Crippen LogP contribution >= 0.6 is 0 Å². The fraction of sp³-hybridized carbons (Fsp3) is 1.00. The van der Waals surface area contributed by atoms with Gasteiger partial charge in [-0.2, -0.15) is 0 Å². The lowest BCUT2D eigenvalue weighted by molar-refractivity contribution is 0.248. The molecule has 12 heavy (non-hydrogen) atoms. The van der Waals surface area contributed by atoms with Gasteiger partial charge in [-0.1, -0.05) is 27.7 Å². The first kappa shape index (κ1) is 11.9. The Kier molecular flexibility index (Phi) is 5.47. The molecule has 0 aromatic heterocycles. The molecule has 1 aliphatic heterocycles. The molecule has 2 heteroatoms. The maximum absolute atomic E-state index is 12.7. The molecule has 0 saturated carbocycles. The van der Waals surface area contributed by atoms with E-state index in [4.69, 9.17) is 0 Å². The number of nitrogens with zero attached hydrogens (tertiary/aromatic N) is 1. The van der Waals surface area contributed by atoms with Gasteiger partial charge in [0.1, 0.15) is 6.17 Å². The minimum absolute atomic E-state index is 0.468. The minimum Gasteiger partial charge on any atom is -0.300 e. The number of halogens is 1. The fourth-order valence-electron chi connectivity index (χ4n) is 1.75. The van der Waals surface area contributed by atoms with E-state index in [9.17, 15) is 4.39 Å². The van der Waals surface area contributed by atoms with Crippen LogP contribution in [0, 0.1) is 5.92 Å². The molecule has 2 atom stereocenters. The predicted octanol–water partition coefficient (Wildman–Crippen LogP) is 2.71. The van der Waals surface area contributed by atoms with E-state index in [2.05, 4.69) is 18.7 Å². The topological polar surface area (TPSA) is 3.24 Å². The summed E-state index contributed by atoms with van der Waals surface area (Å²) in [4.78, 5) is 2.12. The molecule has 1 heterocycles. The van der Waals surface area contributed by atoms with Gasteiger partial charge in [0.25, 0.3) is 0 Å². The van der Waals surface area contributed by atoms with Gasteiger partial charge in [-0.05, 0) is 19.4 Å². The van der Waals surface area contributed by atoms with Crippen molar-refractivity contribution >= 4 is 0 Å². The Morgan fingerprint density at radius 1 is 1.33 bits per heavy atom. The lowest BCUT2D eigenvalue weighted by atomic mass is 10.0. The van der Waals surface area contributed by atoms with Gasteiger partial charge >= 0.3 is 0 Å². The van der Waals surface area contributed by atoms with Crippen LogP contribution in [0.1, 0.15) is 34.1 Å². The number of alkyl halides is 1. The third kappa shape index (κ3) is 3.10.